The number of nitro benzene ring substituents is 1. The van der Waals surface area contributed by atoms with Gasteiger partial charge in [-0.15, -0.1) is 0 Å². The Morgan fingerprint density at radius 1 is 1.44 bits per heavy atom. The van der Waals surface area contributed by atoms with Gasteiger partial charge in [-0.3, -0.25) is 14.9 Å². The van der Waals surface area contributed by atoms with Gasteiger partial charge in [0.15, 0.2) is 0 Å². The second-order valence-electron chi connectivity index (χ2n) is 3.15. The number of nitrogens with zero attached hydrogens (tertiary/aromatic N) is 1. The predicted molar refractivity (Wildman–Crippen MR) is 61.5 cm³/mol. The zero-order valence-corrected chi connectivity index (χ0v) is 10.1. The van der Waals surface area contributed by atoms with Crippen LogP contribution in [0.2, 0.25) is 10.0 Å². The lowest BCUT2D eigenvalue weighted by Gasteiger charge is -2.06. The van der Waals surface area contributed by atoms with Gasteiger partial charge in [-0.2, -0.15) is 0 Å². The number of nitrogens with one attached hydrogen (secondary N) is 1. The van der Waals surface area contributed by atoms with Crippen LogP contribution in [0, 0.1) is 10.1 Å². The van der Waals surface area contributed by atoms with Crippen LogP contribution < -0.4 is 5.32 Å². The molecule has 0 aliphatic carbocycles. The molecule has 1 aromatic carbocycles. The molecular weight excluding hydrogens is 293 g/mol. The van der Waals surface area contributed by atoms with Crippen molar-refractivity contribution in [1.29, 1.82) is 0 Å². The molecule has 0 radical (unpaired) electrons. The molecule has 0 unspecified atom stereocenters. The van der Waals surface area contributed by atoms with Crippen molar-refractivity contribution in [3.8, 4) is 0 Å². The fourth-order valence-corrected chi connectivity index (χ4v) is 1.50. The lowest BCUT2D eigenvalue weighted by Crippen LogP contribution is -2.28. The third-order valence-electron chi connectivity index (χ3n) is 1.88. The fraction of sp³-hybridized carbons (Fsp3) is 0.222. The Kier molecular flexibility index (Phi) is 4.80. The van der Waals surface area contributed by atoms with Crippen molar-refractivity contribution in [2.45, 2.75) is 6.43 Å². The average molecular weight is 299 g/mol. The van der Waals surface area contributed by atoms with Gasteiger partial charge in [0.2, 0.25) is 0 Å². The lowest BCUT2D eigenvalue weighted by molar-refractivity contribution is -0.384. The zero-order valence-electron chi connectivity index (χ0n) is 8.62. The summed E-state index contributed by atoms with van der Waals surface area (Å²) < 4.78 is 23.8. The predicted octanol–water partition coefficient (Wildman–Crippen LogP) is 2.90. The molecule has 0 aliphatic heterocycles. The fourth-order valence-electron chi connectivity index (χ4n) is 1.11. The van der Waals surface area contributed by atoms with Crippen LogP contribution in [0.3, 0.4) is 0 Å². The van der Waals surface area contributed by atoms with Crippen LogP contribution in [0.5, 0.6) is 0 Å². The molecular formula is C9H6Cl2F2N2O3. The summed E-state index contributed by atoms with van der Waals surface area (Å²) in [6, 6.07) is 1.94. The Morgan fingerprint density at radius 3 is 2.56 bits per heavy atom. The standard InChI is InChI=1S/C9H6Cl2F2N2O3/c10-5-1-4(9(16)14-3-7(12)13)2-6(8(5)11)15(17)18/h1-2,7H,3H2,(H,14,16). The second kappa shape index (κ2) is 5.92. The Labute approximate surface area is 110 Å². The minimum Gasteiger partial charge on any atom is -0.346 e. The molecule has 1 aromatic rings. The molecule has 0 spiro atoms. The van der Waals surface area contributed by atoms with E-state index < -0.39 is 29.5 Å². The summed E-state index contributed by atoms with van der Waals surface area (Å²) in [6.07, 6.45) is -2.72. The molecule has 0 saturated heterocycles. The van der Waals surface area contributed by atoms with E-state index in [1.165, 1.54) is 0 Å². The zero-order chi connectivity index (χ0) is 13.9. The summed E-state index contributed by atoms with van der Waals surface area (Å²) in [7, 11) is 0. The highest BCUT2D eigenvalue weighted by Gasteiger charge is 2.20. The van der Waals surface area contributed by atoms with E-state index in [0.717, 1.165) is 12.1 Å². The van der Waals surface area contributed by atoms with Crippen molar-refractivity contribution in [1.82, 2.24) is 5.32 Å². The number of amides is 1. The quantitative estimate of drug-likeness (QED) is 0.686. The van der Waals surface area contributed by atoms with Crippen LogP contribution in [0.25, 0.3) is 0 Å². The smallest absolute Gasteiger partial charge is 0.290 e. The first-order valence-electron chi connectivity index (χ1n) is 4.52. The molecule has 9 heteroatoms. The molecule has 1 amide bonds. The van der Waals surface area contributed by atoms with Crippen LogP contribution >= 0.6 is 23.2 Å². The molecule has 1 N–H and O–H groups in total. The Balaban J connectivity index is 3.03. The van der Waals surface area contributed by atoms with E-state index in [-0.39, 0.29) is 15.6 Å². The second-order valence-corrected chi connectivity index (χ2v) is 3.93. The van der Waals surface area contributed by atoms with E-state index in [4.69, 9.17) is 23.2 Å². The SMILES string of the molecule is O=C(NCC(F)F)c1cc(Cl)c(Cl)c([N+](=O)[O-])c1. The third kappa shape index (κ3) is 3.51. The van der Waals surface area contributed by atoms with Crippen LogP contribution in [-0.4, -0.2) is 23.8 Å². The molecule has 18 heavy (non-hydrogen) atoms. The Morgan fingerprint density at radius 2 is 2.06 bits per heavy atom. The summed E-state index contributed by atoms with van der Waals surface area (Å²) in [4.78, 5) is 21.2. The van der Waals surface area contributed by atoms with Crippen LogP contribution in [0.1, 0.15) is 10.4 Å². The number of rotatable bonds is 4. The molecule has 98 valence electrons. The maximum Gasteiger partial charge on any atom is 0.290 e. The highest BCUT2D eigenvalue weighted by Crippen LogP contribution is 2.32. The summed E-state index contributed by atoms with van der Waals surface area (Å²) in [5.74, 6) is -0.892. The summed E-state index contributed by atoms with van der Waals surface area (Å²) >= 11 is 11.2. The van der Waals surface area contributed by atoms with Gasteiger partial charge in [-0.1, -0.05) is 23.2 Å². The first-order chi connectivity index (χ1) is 8.32. The Bertz CT molecular complexity index is 497. The number of carbonyl (C=O) groups excluding carboxylic acids is 1. The molecule has 0 fully saturated rings. The molecule has 0 bridgehead atoms. The molecule has 0 atom stereocenters. The van der Waals surface area contributed by atoms with E-state index >= 15 is 0 Å². The van der Waals surface area contributed by atoms with Gasteiger partial charge in [0.1, 0.15) is 5.02 Å². The first kappa shape index (κ1) is 14.6. The van der Waals surface area contributed by atoms with Crippen molar-refractivity contribution in [2.24, 2.45) is 0 Å². The van der Waals surface area contributed by atoms with Gasteiger partial charge in [0.05, 0.1) is 16.5 Å². The number of nitro groups is 1. The maximum absolute atomic E-state index is 11.9. The van der Waals surface area contributed by atoms with E-state index in [1.54, 1.807) is 0 Å². The van der Waals surface area contributed by atoms with Gasteiger partial charge in [0.25, 0.3) is 18.0 Å². The van der Waals surface area contributed by atoms with E-state index in [1.807, 2.05) is 5.32 Å². The van der Waals surface area contributed by atoms with Gasteiger partial charge in [-0.25, -0.2) is 8.78 Å². The third-order valence-corrected chi connectivity index (χ3v) is 2.68. The normalized spacial score (nSPS) is 10.5. The Hall–Kier alpha value is -1.47. The van der Waals surface area contributed by atoms with Gasteiger partial charge >= 0.3 is 0 Å². The molecule has 0 aliphatic rings. The van der Waals surface area contributed by atoms with Crippen LogP contribution in [-0.2, 0) is 0 Å². The maximum atomic E-state index is 11.9. The molecule has 1 rings (SSSR count). The monoisotopic (exact) mass is 298 g/mol. The number of halogens is 4. The lowest BCUT2D eigenvalue weighted by atomic mass is 10.2. The largest absolute Gasteiger partial charge is 0.346 e. The van der Waals surface area contributed by atoms with Crippen molar-refractivity contribution in [2.75, 3.05) is 6.54 Å². The van der Waals surface area contributed by atoms with Gasteiger partial charge in [0, 0.05) is 11.6 Å². The summed E-state index contributed by atoms with van der Waals surface area (Å²) in [6.45, 7) is -0.854. The first-order valence-corrected chi connectivity index (χ1v) is 5.28. The van der Waals surface area contributed by atoms with E-state index in [9.17, 15) is 23.7 Å². The molecule has 5 nitrogen and oxygen atoms in total. The number of alkyl halides is 2. The highest BCUT2D eigenvalue weighted by molar-refractivity contribution is 6.43. The number of hydrogen-bond donors (Lipinski definition) is 1. The number of carbonyl (C=O) groups is 1. The topological polar surface area (TPSA) is 72.2 Å². The molecule has 0 aromatic heterocycles. The van der Waals surface area contributed by atoms with Crippen molar-refractivity contribution < 1.29 is 18.5 Å². The minimum absolute atomic E-state index is 0.201. The minimum atomic E-state index is -2.72. The van der Waals surface area contributed by atoms with E-state index in [2.05, 4.69) is 0 Å². The average Bonchev–Trinajstić information content (AvgIpc) is 2.28. The number of benzene rings is 1. The van der Waals surface area contributed by atoms with Gasteiger partial charge < -0.3 is 5.32 Å². The van der Waals surface area contributed by atoms with Crippen molar-refractivity contribution >= 4 is 34.8 Å². The summed E-state index contributed by atoms with van der Waals surface area (Å²) in [5.41, 5.74) is -0.775. The summed E-state index contributed by atoms with van der Waals surface area (Å²) in [5, 5.41) is 12.0. The van der Waals surface area contributed by atoms with Crippen LogP contribution in [0.4, 0.5) is 14.5 Å². The number of hydrogen-bond acceptors (Lipinski definition) is 3. The highest BCUT2D eigenvalue weighted by atomic mass is 35.5. The van der Waals surface area contributed by atoms with Gasteiger partial charge in [-0.05, 0) is 6.07 Å². The van der Waals surface area contributed by atoms with E-state index in [0.29, 0.717) is 0 Å². The molecule has 0 saturated carbocycles. The molecule has 0 heterocycles. The van der Waals surface area contributed by atoms with Crippen LogP contribution in [0.15, 0.2) is 12.1 Å². The van der Waals surface area contributed by atoms with Crippen molar-refractivity contribution in [3.63, 3.8) is 0 Å². The van der Waals surface area contributed by atoms with Crippen molar-refractivity contribution in [3.05, 3.63) is 37.9 Å².